The maximum absolute atomic E-state index is 13.7. The number of piperidine rings is 1. The van der Waals surface area contributed by atoms with Crippen molar-refractivity contribution in [1.29, 1.82) is 0 Å². The first-order valence-electron chi connectivity index (χ1n) is 6.99. The van der Waals surface area contributed by atoms with Gasteiger partial charge in [-0.15, -0.1) is 0 Å². The molecule has 1 aliphatic heterocycles. The van der Waals surface area contributed by atoms with Crippen LogP contribution in [0.2, 0.25) is 0 Å². The Morgan fingerprint density at radius 1 is 1.48 bits per heavy atom. The molecule has 6 heteroatoms. The number of carbonyl (C=O) groups is 2. The van der Waals surface area contributed by atoms with E-state index in [9.17, 15) is 14.0 Å². The van der Waals surface area contributed by atoms with Crippen LogP contribution < -0.4 is 5.32 Å². The molecule has 2 rings (SSSR count). The molecule has 1 aromatic carbocycles. The van der Waals surface area contributed by atoms with E-state index in [1.54, 1.807) is 17.9 Å². The number of carbonyl (C=O) groups excluding carboxylic acids is 1. The molecule has 5 nitrogen and oxygen atoms in total. The number of rotatable bonds is 3. The van der Waals surface area contributed by atoms with E-state index in [0.717, 1.165) is 18.4 Å². The van der Waals surface area contributed by atoms with Crippen molar-refractivity contribution in [2.45, 2.75) is 26.2 Å². The lowest BCUT2D eigenvalue weighted by atomic mass is 9.95. The van der Waals surface area contributed by atoms with E-state index < -0.39 is 11.8 Å². The highest BCUT2D eigenvalue weighted by Gasteiger charge is 2.25. The van der Waals surface area contributed by atoms with Gasteiger partial charge in [-0.2, -0.15) is 0 Å². The Kier molecular flexibility index (Phi) is 4.77. The third kappa shape index (κ3) is 4.18. The van der Waals surface area contributed by atoms with Crippen LogP contribution >= 0.6 is 0 Å². The Labute approximate surface area is 122 Å². The highest BCUT2D eigenvalue weighted by Crippen LogP contribution is 2.21. The molecule has 0 saturated carbocycles. The van der Waals surface area contributed by atoms with Crippen LogP contribution in [0.1, 0.15) is 24.8 Å². The Hall–Kier alpha value is -2.11. The number of aliphatic carboxylic acids is 1. The molecule has 1 aliphatic rings. The third-order valence-electron chi connectivity index (χ3n) is 3.64. The van der Waals surface area contributed by atoms with Gasteiger partial charge in [-0.25, -0.2) is 9.18 Å². The number of hydrogen-bond acceptors (Lipinski definition) is 2. The standard InChI is InChI=1S/C15H19FN2O3/c1-10-4-5-13(12(16)7-10)17-15(21)18-6-2-3-11(9-18)8-14(19)20/h4-5,7,11H,2-3,6,8-9H2,1H3,(H,17,21)(H,19,20). The number of amides is 2. The van der Waals surface area contributed by atoms with E-state index in [4.69, 9.17) is 5.11 Å². The summed E-state index contributed by atoms with van der Waals surface area (Å²) in [7, 11) is 0. The second-order valence-corrected chi connectivity index (χ2v) is 5.47. The summed E-state index contributed by atoms with van der Waals surface area (Å²) in [6.45, 7) is 2.73. The molecule has 114 valence electrons. The van der Waals surface area contributed by atoms with E-state index in [1.165, 1.54) is 12.1 Å². The number of urea groups is 1. The zero-order chi connectivity index (χ0) is 15.4. The SMILES string of the molecule is Cc1ccc(NC(=O)N2CCCC(CC(=O)O)C2)c(F)c1. The molecule has 0 aromatic heterocycles. The summed E-state index contributed by atoms with van der Waals surface area (Å²) < 4.78 is 13.7. The number of carboxylic acid groups (broad SMARTS) is 1. The van der Waals surface area contributed by atoms with Crippen molar-refractivity contribution in [2.24, 2.45) is 5.92 Å². The molecule has 1 fully saturated rings. The maximum atomic E-state index is 13.7. The Morgan fingerprint density at radius 3 is 2.90 bits per heavy atom. The van der Waals surface area contributed by atoms with Crippen molar-refractivity contribution in [1.82, 2.24) is 4.90 Å². The summed E-state index contributed by atoms with van der Waals surface area (Å²) >= 11 is 0. The third-order valence-corrected chi connectivity index (χ3v) is 3.64. The van der Waals surface area contributed by atoms with Crippen molar-refractivity contribution >= 4 is 17.7 Å². The van der Waals surface area contributed by atoms with Gasteiger partial charge in [0, 0.05) is 19.5 Å². The van der Waals surface area contributed by atoms with Crippen molar-refractivity contribution in [3.8, 4) is 0 Å². The van der Waals surface area contributed by atoms with Gasteiger partial charge < -0.3 is 15.3 Å². The van der Waals surface area contributed by atoms with Gasteiger partial charge in [-0.1, -0.05) is 6.07 Å². The molecule has 0 bridgehead atoms. The second kappa shape index (κ2) is 6.56. The zero-order valence-corrected chi connectivity index (χ0v) is 11.9. The summed E-state index contributed by atoms with van der Waals surface area (Å²) in [6.07, 6.45) is 1.62. The first kappa shape index (κ1) is 15.3. The van der Waals surface area contributed by atoms with E-state index >= 15 is 0 Å². The van der Waals surface area contributed by atoms with Gasteiger partial charge in [0.25, 0.3) is 0 Å². The number of benzene rings is 1. The van der Waals surface area contributed by atoms with E-state index in [2.05, 4.69) is 5.32 Å². The molecule has 1 atom stereocenters. The van der Waals surface area contributed by atoms with Crippen molar-refractivity contribution in [3.05, 3.63) is 29.6 Å². The van der Waals surface area contributed by atoms with Gasteiger partial charge in [-0.05, 0) is 43.4 Å². The first-order chi connectivity index (χ1) is 9.95. The van der Waals surface area contributed by atoms with E-state index in [1.807, 2.05) is 0 Å². The minimum atomic E-state index is -0.855. The maximum Gasteiger partial charge on any atom is 0.321 e. The molecule has 2 N–H and O–H groups in total. The van der Waals surface area contributed by atoms with E-state index in [0.29, 0.717) is 13.1 Å². The number of hydrogen-bond donors (Lipinski definition) is 2. The van der Waals surface area contributed by atoms with Crippen molar-refractivity contribution in [2.75, 3.05) is 18.4 Å². The van der Waals surface area contributed by atoms with Crippen molar-refractivity contribution in [3.63, 3.8) is 0 Å². The minimum Gasteiger partial charge on any atom is -0.481 e. The van der Waals surface area contributed by atoms with Crippen LogP contribution in [0, 0.1) is 18.7 Å². The lowest BCUT2D eigenvalue weighted by Gasteiger charge is -2.32. The van der Waals surface area contributed by atoms with Gasteiger partial charge in [0.2, 0.25) is 0 Å². The Balaban J connectivity index is 1.97. The summed E-state index contributed by atoms with van der Waals surface area (Å²) in [6, 6.07) is 4.23. The monoisotopic (exact) mass is 294 g/mol. The number of nitrogens with one attached hydrogen (secondary N) is 1. The van der Waals surface area contributed by atoms with Crippen molar-refractivity contribution < 1.29 is 19.1 Å². The molecule has 1 heterocycles. The minimum absolute atomic E-state index is 0.0372. The molecule has 1 saturated heterocycles. The lowest BCUT2D eigenvalue weighted by molar-refractivity contribution is -0.138. The van der Waals surface area contributed by atoms with Crippen LogP contribution in [0.5, 0.6) is 0 Å². The van der Waals surface area contributed by atoms with Crippen LogP contribution in [0.25, 0.3) is 0 Å². The highest BCUT2D eigenvalue weighted by atomic mass is 19.1. The molecule has 0 radical (unpaired) electrons. The van der Waals surface area contributed by atoms with Gasteiger partial charge in [0.05, 0.1) is 5.69 Å². The zero-order valence-electron chi connectivity index (χ0n) is 11.9. The normalized spacial score (nSPS) is 18.4. The predicted octanol–water partition coefficient (Wildman–Crippen LogP) is 2.85. The number of likely N-dealkylation sites (tertiary alicyclic amines) is 1. The molecule has 21 heavy (non-hydrogen) atoms. The average molecular weight is 294 g/mol. The summed E-state index contributed by atoms with van der Waals surface area (Å²) in [5, 5.41) is 11.4. The van der Waals surface area contributed by atoms with Crippen LogP contribution in [0.4, 0.5) is 14.9 Å². The number of carboxylic acids is 1. The van der Waals surface area contributed by atoms with Gasteiger partial charge in [-0.3, -0.25) is 4.79 Å². The molecular weight excluding hydrogens is 275 g/mol. The fourth-order valence-corrected chi connectivity index (χ4v) is 2.58. The average Bonchev–Trinajstić information content (AvgIpc) is 2.41. The number of anilines is 1. The first-order valence-corrected chi connectivity index (χ1v) is 6.99. The molecule has 2 amide bonds. The highest BCUT2D eigenvalue weighted by molar-refractivity contribution is 5.89. The van der Waals surface area contributed by atoms with Crippen LogP contribution in [-0.2, 0) is 4.79 Å². The second-order valence-electron chi connectivity index (χ2n) is 5.47. The quantitative estimate of drug-likeness (QED) is 0.900. The van der Waals surface area contributed by atoms with Gasteiger partial charge >= 0.3 is 12.0 Å². The smallest absolute Gasteiger partial charge is 0.321 e. The van der Waals surface area contributed by atoms with Crippen LogP contribution in [-0.4, -0.2) is 35.1 Å². The molecular formula is C15H19FN2O3. The van der Waals surface area contributed by atoms with Crippen LogP contribution in [0.3, 0.4) is 0 Å². The molecule has 1 aromatic rings. The summed E-state index contributed by atoms with van der Waals surface area (Å²) in [5.41, 5.74) is 0.927. The fourth-order valence-electron chi connectivity index (χ4n) is 2.58. The Morgan fingerprint density at radius 2 is 2.24 bits per heavy atom. The largest absolute Gasteiger partial charge is 0.481 e. The van der Waals surface area contributed by atoms with Gasteiger partial charge in [0.15, 0.2) is 0 Å². The summed E-state index contributed by atoms with van der Waals surface area (Å²) in [4.78, 5) is 24.4. The molecule has 0 aliphatic carbocycles. The van der Waals surface area contributed by atoms with Crippen LogP contribution in [0.15, 0.2) is 18.2 Å². The van der Waals surface area contributed by atoms with Gasteiger partial charge in [0.1, 0.15) is 5.82 Å². The lowest BCUT2D eigenvalue weighted by Crippen LogP contribution is -2.42. The number of aryl methyl sites for hydroxylation is 1. The molecule has 1 unspecified atom stereocenters. The number of nitrogens with zero attached hydrogens (tertiary/aromatic N) is 1. The number of halogens is 1. The van der Waals surface area contributed by atoms with E-state index in [-0.39, 0.29) is 24.1 Å². The topological polar surface area (TPSA) is 69.6 Å². The Bertz CT molecular complexity index is 548. The fraction of sp³-hybridized carbons (Fsp3) is 0.467. The molecule has 0 spiro atoms. The predicted molar refractivity (Wildman–Crippen MR) is 76.7 cm³/mol. The summed E-state index contributed by atoms with van der Waals surface area (Å²) in [5.74, 6) is -1.36.